The lowest BCUT2D eigenvalue weighted by Crippen LogP contribution is -2.43. The topological polar surface area (TPSA) is 100 Å². The van der Waals surface area contributed by atoms with E-state index in [1.54, 1.807) is 7.11 Å². The molecule has 1 aliphatic heterocycles. The van der Waals surface area contributed by atoms with E-state index in [9.17, 15) is 9.59 Å². The monoisotopic (exact) mass is 439 g/mol. The minimum absolute atomic E-state index is 0.0137. The average Bonchev–Trinajstić information content (AvgIpc) is 3.21. The van der Waals surface area contributed by atoms with Crippen molar-refractivity contribution in [3.05, 3.63) is 52.1 Å². The molecule has 162 valence electrons. The zero-order chi connectivity index (χ0) is 21.4. The maximum Gasteiger partial charge on any atom is 0.278 e. The highest BCUT2D eigenvalue weighted by atomic mass is 32.1. The standard InChI is InChI=1S/C22H25N5O3S/c1-30-13-22(9-10-22)20-25-18(29)16-19(26-20)31-21(24-16)27-11-5-8-15(27)17(28)23-12-14-6-3-2-4-7-14/h2-4,6-7,15H,5,8-13H2,1H3,(H,23,28)(H,25,26,29)/t15-/m1/s1. The molecule has 1 aliphatic carbocycles. The number of amides is 1. The Morgan fingerprint density at radius 2 is 2.13 bits per heavy atom. The fourth-order valence-corrected chi connectivity index (χ4v) is 5.26. The van der Waals surface area contributed by atoms with Crippen LogP contribution in [0.5, 0.6) is 0 Å². The van der Waals surface area contributed by atoms with Crippen LogP contribution in [0.1, 0.15) is 37.1 Å². The molecule has 2 N–H and O–H groups in total. The highest BCUT2D eigenvalue weighted by molar-refractivity contribution is 7.21. The first-order valence-corrected chi connectivity index (χ1v) is 11.4. The largest absolute Gasteiger partial charge is 0.384 e. The molecule has 2 aliphatic rings. The summed E-state index contributed by atoms with van der Waals surface area (Å²) in [6.45, 7) is 1.78. The van der Waals surface area contributed by atoms with E-state index in [2.05, 4.69) is 15.3 Å². The number of nitrogens with zero attached hydrogens (tertiary/aromatic N) is 3. The molecule has 5 rings (SSSR count). The molecule has 0 bridgehead atoms. The predicted octanol–water partition coefficient (Wildman–Crippen LogP) is 2.34. The SMILES string of the molecule is COCC1(c2nc3sc(N4CCC[C@@H]4C(=O)NCc4ccccc4)nc3c(=O)[nH]2)CC1. The number of thiazole rings is 1. The number of fused-ring (bicyclic) bond motifs is 1. The molecule has 3 heterocycles. The van der Waals surface area contributed by atoms with E-state index in [0.29, 0.717) is 34.5 Å². The Hall–Kier alpha value is -2.78. The number of H-pyrrole nitrogens is 1. The third-order valence-electron chi connectivity index (χ3n) is 6.15. The minimum Gasteiger partial charge on any atom is -0.384 e. The molecule has 1 atom stereocenters. The average molecular weight is 440 g/mol. The normalized spacial score (nSPS) is 19.6. The van der Waals surface area contributed by atoms with Crippen molar-refractivity contribution in [1.29, 1.82) is 0 Å². The van der Waals surface area contributed by atoms with Gasteiger partial charge in [0.15, 0.2) is 15.5 Å². The second-order valence-corrected chi connectivity index (χ2v) is 9.29. The number of aromatic amines is 1. The van der Waals surface area contributed by atoms with Crippen molar-refractivity contribution in [3.8, 4) is 0 Å². The van der Waals surface area contributed by atoms with Crippen molar-refractivity contribution in [2.45, 2.75) is 43.7 Å². The van der Waals surface area contributed by atoms with Crippen molar-refractivity contribution in [2.75, 3.05) is 25.2 Å². The molecule has 1 aromatic carbocycles. The molecule has 9 heteroatoms. The van der Waals surface area contributed by atoms with Gasteiger partial charge >= 0.3 is 0 Å². The summed E-state index contributed by atoms with van der Waals surface area (Å²) < 4.78 is 5.33. The summed E-state index contributed by atoms with van der Waals surface area (Å²) in [6, 6.07) is 9.58. The zero-order valence-electron chi connectivity index (χ0n) is 17.4. The van der Waals surface area contributed by atoms with Crippen LogP contribution in [0.25, 0.3) is 10.3 Å². The number of benzene rings is 1. The van der Waals surface area contributed by atoms with Crippen LogP contribution >= 0.6 is 11.3 Å². The molecular weight excluding hydrogens is 414 g/mol. The first kappa shape index (κ1) is 20.1. The van der Waals surface area contributed by atoms with Crippen LogP contribution in [0.4, 0.5) is 5.13 Å². The number of ether oxygens (including phenoxy) is 1. The number of carbonyl (C=O) groups is 1. The molecule has 8 nitrogen and oxygen atoms in total. The van der Waals surface area contributed by atoms with E-state index < -0.39 is 0 Å². The summed E-state index contributed by atoms with van der Waals surface area (Å²) in [4.78, 5) is 40.4. The molecule has 2 aromatic heterocycles. The minimum atomic E-state index is -0.286. The molecule has 1 amide bonds. The number of methoxy groups -OCH3 is 1. The molecule has 1 saturated carbocycles. The van der Waals surface area contributed by atoms with Crippen LogP contribution in [0.3, 0.4) is 0 Å². The highest BCUT2D eigenvalue weighted by Gasteiger charge is 2.47. The summed E-state index contributed by atoms with van der Waals surface area (Å²) in [7, 11) is 1.66. The van der Waals surface area contributed by atoms with Crippen LogP contribution in [0.2, 0.25) is 0 Å². The Balaban J connectivity index is 1.37. The van der Waals surface area contributed by atoms with Gasteiger partial charge in [0.25, 0.3) is 5.56 Å². The predicted molar refractivity (Wildman–Crippen MR) is 119 cm³/mol. The van der Waals surface area contributed by atoms with Gasteiger partial charge in [-0.25, -0.2) is 9.97 Å². The summed E-state index contributed by atoms with van der Waals surface area (Å²) in [5, 5.41) is 3.72. The summed E-state index contributed by atoms with van der Waals surface area (Å²) in [6.07, 6.45) is 3.58. The Morgan fingerprint density at radius 3 is 2.87 bits per heavy atom. The van der Waals surface area contributed by atoms with Gasteiger partial charge in [-0.1, -0.05) is 41.7 Å². The van der Waals surface area contributed by atoms with Gasteiger partial charge in [-0.3, -0.25) is 9.59 Å². The first-order chi connectivity index (χ1) is 15.1. The Kier molecular flexibility index (Phi) is 5.23. The van der Waals surface area contributed by atoms with E-state index in [0.717, 1.165) is 37.8 Å². The van der Waals surface area contributed by atoms with Crippen LogP contribution in [-0.4, -0.2) is 47.2 Å². The van der Waals surface area contributed by atoms with Crippen molar-refractivity contribution >= 4 is 32.7 Å². The second kappa shape index (κ2) is 8.05. The van der Waals surface area contributed by atoms with E-state index in [-0.39, 0.29) is 22.9 Å². The lowest BCUT2D eigenvalue weighted by atomic mass is 10.1. The maximum absolute atomic E-state index is 12.9. The van der Waals surface area contributed by atoms with Crippen LogP contribution < -0.4 is 15.8 Å². The van der Waals surface area contributed by atoms with Crippen LogP contribution in [-0.2, 0) is 21.5 Å². The molecule has 0 radical (unpaired) electrons. The Bertz CT molecular complexity index is 1150. The van der Waals surface area contributed by atoms with Crippen LogP contribution in [0, 0.1) is 0 Å². The van der Waals surface area contributed by atoms with Gasteiger partial charge in [0.1, 0.15) is 11.9 Å². The smallest absolute Gasteiger partial charge is 0.278 e. The van der Waals surface area contributed by atoms with Gasteiger partial charge < -0.3 is 19.9 Å². The van der Waals surface area contributed by atoms with E-state index in [1.807, 2.05) is 35.2 Å². The third-order valence-corrected chi connectivity index (χ3v) is 7.13. The third kappa shape index (κ3) is 3.83. The number of rotatable bonds is 7. The number of hydrogen-bond acceptors (Lipinski definition) is 7. The van der Waals surface area contributed by atoms with Crippen molar-refractivity contribution < 1.29 is 9.53 Å². The van der Waals surface area contributed by atoms with Crippen molar-refractivity contribution in [1.82, 2.24) is 20.3 Å². The molecular formula is C22H25N5O3S. The lowest BCUT2D eigenvalue weighted by Gasteiger charge is -2.23. The number of nitrogens with one attached hydrogen (secondary N) is 2. The Labute approximate surface area is 183 Å². The van der Waals surface area contributed by atoms with Gasteiger partial charge in [-0.2, -0.15) is 0 Å². The van der Waals surface area contributed by atoms with Gasteiger partial charge in [0.2, 0.25) is 5.91 Å². The molecule has 1 saturated heterocycles. The highest BCUT2D eigenvalue weighted by Crippen LogP contribution is 2.47. The molecule has 31 heavy (non-hydrogen) atoms. The number of aromatic nitrogens is 3. The Morgan fingerprint density at radius 1 is 1.32 bits per heavy atom. The fourth-order valence-electron chi connectivity index (χ4n) is 4.24. The first-order valence-electron chi connectivity index (χ1n) is 10.6. The zero-order valence-corrected chi connectivity index (χ0v) is 18.2. The summed E-state index contributed by atoms with van der Waals surface area (Å²) >= 11 is 1.38. The van der Waals surface area contributed by atoms with Crippen LogP contribution in [0.15, 0.2) is 35.1 Å². The number of hydrogen-bond donors (Lipinski definition) is 2. The summed E-state index contributed by atoms with van der Waals surface area (Å²) in [5.74, 6) is 0.667. The van der Waals surface area contributed by atoms with Gasteiger partial charge in [-0.05, 0) is 31.2 Å². The molecule has 2 fully saturated rings. The van der Waals surface area contributed by atoms with E-state index in [4.69, 9.17) is 9.72 Å². The van der Waals surface area contributed by atoms with Gasteiger partial charge in [0.05, 0.1) is 12.0 Å². The maximum atomic E-state index is 12.9. The lowest BCUT2D eigenvalue weighted by molar-refractivity contribution is -0.122. The van der Waals surface area contributed by atoms with Crippen molar-refractivity contribution in [3.63, 3.8) is 0 Å². The number of anilines is 1. The van der Waals surface area contributed by atoms with E-state index >= 15 is 0 Å². The van der Waals surface area contributed by atoms with Gasteiger partial charge in [-0.15, -0.1) is 0 Å². The van der Waals surface area contributed by atoms with Gasteiger partial charge in [0, 0.05) is 20.2 Å². The fraction of sp³-hybridized carbons (Fsp3) is 0.455. The molecule has 0 unspecified atom stereocenters. The second-order valence-electron chi connectivity index (χ2n) is 8.33. The van der Waals surface area contributed by atoms with E-state index in [1.165, 1.54) is 11.3 Å². The molecule has 3 aromatic rings. The molecule has 0 spiro atoms. The number of carbonyl (C=O) groups excluding carboxylic acids is 1. The quantitative estimate of drug-likeness (QED) is 0.586. The van der Waals surface area contributed by atoms with Crippen molar-refractivity contribution in [2.24, 2.45) is 0 Å². The summed E-state index contributed by atoms with van der Waals surface area (Å²) in [5.41, 5.74) is 0.995.